The maximum atomic E-state index is 13.4. The summed E-state index contributed by atoms with van der Waals surface area (Å²) in [5, 5.41) is 2.73. The van der Waals surface area contributed by atoms with Gasteiger partial charge in [-0.15, -0.1) is 0 Å². The van der Waals surface area contributed by atoms with Gasteiger partial charge < -0.3 is 24.7 Å². The van der Waals surface area contributed by atoms with Gasteiger partial charge in [0.05, 0.1) is 30.1 Å². The SMILES string of the molecule is C=C/C(=C(\N=CC)[C@H](C)OC)c1c2c3cc(ccc3n1CC)C1CCCN(C1)C[C@H](N)C(=O)N1CCC[C@H](N1)C(=O)OCC(C)(C)C2. The van der Waals surface area contributed by atoms with Gasteiger partial charge in [0.25, 0.3) is 5.91 Å². The van der Waals surface area contributed by atoms with Crippen LogP contribution in [0.5, 0.6) is 0 Å². The van der Waals surface area contributed by atoms with Crippen LogP contribution in [0.4, 0.5) is 0 Å². The average molecular weight is 647 g/mol. The van der Waals surface area contributed by atoms with Gasteiger partial charge in [0.1, 0.15) is 6.04 Å². The molecule has 2 aromatic rings. The molecule has 2 unspecified atom stereocenters. The lowest BCUT2D eigenvalue weighted by Gasteiger charge is -2.37. The Hall–Kier alpha value is -3.31. The van der Waals surface area contributed by atoms with Gasteiger partial charge in [-0.3, -0.25) is 19.6 Å². The fourth-order valence-electron chi connectivity index (χ4n) is 7.54. The highest BCUT2D eigenvalue weighted by atomic mass is 16.5. The molecule has 1 aromatic carbocycles. The minimum Gasteiger partial charge on any atom is -0.464 e. The Balaban J connectivity index is 1.69. The second kappa shape index (κ2) is 14.8. The fourth-order valence-corrected chi connectivity index (χ4v) is 7.54. The predicted octanol–water partition coefficient (Wildman–Crippen LogP) is 4.81. The summed E-state index contributed by atoms with van der Waals surface area (Å²) in [6.45, 7) is 18.4. The van der Waals surface area contributed by atoms with E-state index >= 15 is 0 Å². The molecule has 2 fully saturated rings. The van der Waals surface area contributed by atoms with E-state index in [1.807, 2.05) is 19.9 Å². The number of rotatable bonds is 6. The third kappa shape index (κ3) is 7.41. The Labute approximate surface area is 280 Å². The third-order valence-electron chi connectivity index (χ3n) is 10.00. The number of hydrazine groups is 1. The summed E-state index contributed by atoms with van der Waals surface area (Å²) in [4.78, 5) is 33.9. The summed E-state index contributed by atoms with van der Waals surface area (Å²) in [5.41, 5.74) is 15.7. The first-order valence-electron chi connectivity index (χ1n) is 17.3. The van der Waals surface area contributed by atoms with E-state index in [2.05, 4.69) is 60.4 Å². The normalized spacial score (nSPS) is 26.9. The minimum absolute atomic E-state index is 0.175. The number of piperidine rings is 1. The number of esters is 1. The van der Waals surface area contributed by atoms with Gasteiger partial charge >= 0.3 is 5.97 Å². The lowest BCUT2D eigenvalue weighted by Crippen LogP contribution is -2.60. The van der Waals surface area contributed by atoms with Crippen molar-refractivity contribution in [2.24, 2.45) is 16.1 Å². The Morgan fingerprint density at radius 1 is 1.23 bits per heavy atom. The quantitative estimate of drug-likeness (QED) is 0.263. The number of ether oxygens (including phenoxy) is 2. The number of aryl methyl sites for hydroxylation is 1. The molecule has 0 saturated carbocycles. The van der Waals surface area contributed by atoms with Crippen molar-refractivity contribution < 1.29 is 19.1 Å². The minimum atomic E-state index is -0.678. The number of amides is 1. The number of carbonyl (C=O) groups excluding carboxylic acids is 2. The van der Waals surface area contributed by atoms with Gasteiger partial charge in [-0.25, -0.2) is 5.43 Å². The lowest BCUT2D eigenvalue weighted by molar-refractivity contribution is -0.155. The highest BCUT2D eigenvalue weighted by Gasteiger charge is 2.35. The fraction of sp³-hybridized carbons (Fsp3) is 0.595. The van der Waals surface area contributed by atoms with Crippen LogP contribution in [0.2, 0.25) is 0 Å². The highest BCUT2D eigenvalue weighted by Crippen LogP contribution is 2.40. The zero-order valence-electron chi connectivity index (χ0n) is 29.2. The number of aromatic nitrogens is 1. The molecule has 10 nitrogen and oxygen atoms in total. The summed E-state index contributed by atoms with van der Waals surface area (Å²) in [6, 6.07) is 5.62. The van der Waals surface area contributed by atoms with Crippen LogP contribution in [0.3, 0.4) is 0 Å². The lowest BCUT2D eigenvalue weighted by atomic mass is 9.83. The molecule has 5 rings (SSSR count). The van der Waals surface area contributed by atoms with Crippen molar-refractivity contribution in [2.45, 2.75) is 97.4 Å². The number of hydrogen-bond acceptors (Lipinski definition) is 8. The van der Waals surface area contributed by atoms with E-state index in [4.69, 9.17) is 20.2 Å². The Morgan fingerprint density at radius 2 is 2.00 bits per heavy atom. The van der Waals surface area contributed by atoms with E-state index in [0.717, 1.165) is 55.0 Å². The number of aliphatic imine (C=N–C) groups is 1. The maximum absolute atomic E-state index is 13.4. The largest absolute Gasteiger partial charge is 0.464 e. The zero-order valence-corrected chi connectivity index (χ0v) is 29.2. The van der Waals surface area contributed by atoms with E-state index in [0.29, 0.717) is 38.3 Å². The highest BCUT2D eigenvalue weighted by molar-refractivity contribution is 5.93. The van der Waals surface area contributed by atoms with Crippen LogP contribution in [0, 0.1) is 5.41 Å². The number of allylic oxidation sites excluding steroid dienone is 2. The van der Waals surface area contributed by atoms with E-state index in [9.17, 15) is 9.59 Å². The first kappa shape index (κ1) is 35.0. The average Bonchev–Trinajstić information content (AvgIpc) is 3.37. The molecular weight excluding hydrogens is 592 g/mol. The van der Waals surface area contributed by atoms with Crippen molar-refractivity contribution in [1.82, 2.24) is 19.9 Å². The van der Waals surface area contributed by atoms with Gasteiger partial charge in [0.2, 0.25) is 0 Å². The number of nitrogens with one attached hydrogen (secondary N) is 1. The molecule has 0 aliphatic carbocycles. The molecule has 0 radical (unpaired) electrons. The summed E-state index contributed by atoms with van der Waals surface area (Å²) in [5.74, 6) is -0.195. The molecular formula is C37H54N6O4. The molecule has 10 heteroatoms. The Kier molecular flexibility index (Phi) is 11.1. The first-order valence-corrected chi connectivity index (χ1v) is 17.3. The molecule has 1 amide bonds. The number of benzene rings is 1. The Morgan fingerprint density at radius 3 is 2.70 bits per heavy atom. The zero-order chi connectivity index (χ0) is 33.9. The molecule has 1 aromatic heterocycles. The van der Waals surface area contributed by atoms with Crippen LogP contribution in [0.1, 0.15) is 83.0 Å². The second-order valence-corrected chi connectivity index (χ2v) is 14.1. The van der Waals surface area contributed by atoms with Crippen LogP contribution in [-0.4, -0.2) is 90.7 Å². The molecule has 256 valence electrons. The van der Waals surface area contributed by atoms with Crippen molar-refractivity contribution in [1.29, 1.82) is 0 Å². The van der Waals surface area contributed by atoms with E-state index in [1.54, 1.807) is 13.3 Å². The Bertz CT molecular complexity index is 1540. The molecule has 47 heavy (non-hydrogen) atoms. The number of hydrogen-bond donors (Lipinski definition) is 2. The standard InChI is InChI=1S/C37H54N6O4/c1-8-27(33(39-9-2)24(4)46-7)34-29-20-37(5,6)23-47-36(45)31-14-12-18-43(40-31)35(44)30(38)22-41-17-11-13-26(21-41)25-15-16-32(28(29)19-25)42(34)10-3/h8-9,15-16,19,24,26,30-31,40H,1,10-14,17-18,20-23,38H2,2-7H3/b33-27+,39-9?/t24-,26?,30-,31-/m0/s1. The number of cyclic esters (lactones) is 1. The van der Waals surface area contributed by atoms with Gasteiger partial charge in [0.15, 0.2) is 0 Å². The first-order chi connectivity index (χ1) is 22.5. The van der Waals surface area contributed by atoms with E-state index < -0.39 is 17.5 Å². The summed E-state index contributed by atoms with van der Waals surface area (Å²) in [7, 11) is 1.70. The van der Waals surface area contributed by atoms with Gasteiger partial charge in [-0.1, -0.05) is 32.6 Å². The molecule has 6 bridgehead atoms. The smallest absolute Gasteiger partial charge is 0.324 e. The summed E-state index contributed by atoms with van der Waals surface area (Å²) in [6.07, 6.45) is 7.56. The molecule has 3 aliphatic rings. The van der Waals surface area contributed by atoms with Crippen LogP contribution < -0.4 is 11.2 Å². The topological polar surface area (TPSA) is 114 Å². The van der Waals surface area contributed by atoms with Gasteiger partial charge in [-0.2, -0.15) is 0 Å². The third-order valence-corrected chi connectivity index (χ3v) is 10.00. The van der Waals surface area contributed by atoms with E-state index in [1.165, 1.54) is 21.5 Å². The number of nitrogens with two attached hydrogens (primary N) is 1. The second-order valence-electron chi connectivity index (χ2n) is 14.1. The molecule has 4 heterocycles. The molecule has 3 aliphatic heterocycles. The van der Waals surface area contributed by atoms with Crippen molar-refractivity contribution in [3.8, 4) is 0 Å². The van der Waals surface area contributed by atoms with Crippen molar-refractivity contribution in [2.75, 3.05) is 39.9 Å². The molecule has 5 atom stereocenters. The number of fused-ring (bicyclic) bond motifs is 6. The number of methoxy groups -OCH3 is 1. The molecule has 0 spiro atoms. The van der Waals surface area contributed by atoms with E-state index in [-0.39, 0.29) is 24.6 Å². The van der Waals surface area contributed by atoms with Gasteiger partial charge in [0, 0.05) is 61.4 Å². The predicted molar refractivity (Wildman–Crippen MR) is 188 cm³/mol. The van der Waals surface area contributed by atoms with Crippen molar-refractivity contribution in [3.05, 3.63) is 53.4 Å². The van der Waals surface area contributed by atoms with Crippen LogP contribution in [0.25, 0.3) is 16.5 Å². The van der Waals surface area contributed by atoms with Crippen LogP contribution in [0.15, 0.2) is 41.5 Å². The van der Waals surface area contributed by atoms with Crippen LogP contribution in [-0.2, 0) is 32.0 Å². The molecule has 3 N–H and O–H groups in total. The maximum Gasteiger partial charge on any atom is 0.324 e. The van der Waals surface area contributed by atoms with Crippen LogP contribution >= 0.6 is 0 Å². The monoisotopic (exact) mass is 646 g/mol. The number of nitrogens with zero attached hydrogens (tertiary/aromatic N) is 4. The summed E-state index contributed by atoms with van der Waals surface area (Å²) >= 11 is 0. The number of carbonyl (C=O) groups is 2. The summed E-state index contributed by atoms with van der Waals surface area (Å²) < 4.78 is 14.2. The molecule has 2 saturated heterocycles. The van der Waals surface area contributed by atoms with Crippen molar-refractivity contribution in [3.63, 3.8) is 0 Å². The van der Waals surface area contributed by atoms with Gasteiger partial charge in [-0.05, 0) is 88.6 Å². The van der Waals surface area contributed by atoms with Crippen molar-refractivity contribution >= 4 is 34.6 Å².